The van der Waals surface area contributed by atoms with Gasteiger partial charge in [0, 0.05) is 12.7 Å². The van der Waals surface area contributed by atoms with Crippen LogP contribution < -0.4 is 4.74 Å². The Bertz CT molecular complexity index is 729. The van der Waals surface area contributed by atoms with Crippen LogP contribution in [-0.2, 0) is 4.74 Å². The fourth-order valence-corrected chi connectivity index (χ4v) is 2.96. The molecular weight excluding hydrogens is 303 g/mol. The van der Waals surface area contributed by atoms with Crippen LogP contribution in [0.1, 0.15) is 38.0 Å². The van der Waals surface area contributed by atoms with Crippen molar-refractivity contribution in [3.8, 4) is 16.9 Å². The summed E-state index contributed by atoms with van der Waals surface area (Å²) in [6, 6.07) is 10.6. The van der Waals surface area contributed by atoms with Crippen molar-refractivity contribution in [2.45, 2.75) is 26.9 Å². The summed E-state index contributed by atoms with van der Waals surface area (Å²) in [6.45, 7) is 10.1. The van der Waals surface area contributed by atoms with Crippen LogP contribution in [0.25, 0.3) is 17.2 Å². The Kier molecular flexibility index (Phi) is 5.45. The smallest absolute Gasteiger partial charge is 0.131 e. The average Bonchev–Trinajstić information content (AvgIpc) is 2.55. The number of halogens is 1. The summed E-state index contributed by atoms with van der Waals surface area (Å²) >= 11 is 0. The second kappa shape index (κ2) is 7.18. The summed E-state index contributed by atoms with van der Waals surface area (Å²) in [6.07, 6.45) is 1.60. The van der Waals surface area contributed by atoms with Gasteiger partial charge >= 0.3 is 0 Å². The van der Waals surface area contributed by atoms with Crippen molar-refractivity contribution in [1.29, 1.82) is 0 Å². The van der Waals surface area contributed by atoms with Crippen molar-refractivity contribution in [3.63, 3.8) is 0 Å². The van der Waals surface area contributed by atoms with E-state index in [9.17, 15) is 4.39 Å². The number of methoxy groups -OCH3 is 2. The summed E-state index contributed by atoms with van der Waals surface area (Å²) in [4.78, 5) is 0. The van der Waals surface area contributed by atoms with E-state index in [1.54, 1.807) is 32.4 Å². The second-order valence-corrected chi connectivity index (χ2v) is 6.88. The largest absolute Gasteiger partial charge is 0.497 e. The van der Waals surface area contributed by atoms with E-state index in [2.05, 4.69) is 27.4 Å². The van der Waals surface area contributed by atoms with Crippen molar-refractivity contribution >= 4 is 6.08 Å². The molecule has 0 spiro atoms. The number of hydrogen-bond donors (Lipinski definition) is 0. The van der Waals surface area contributed by atoms with Crippen LogP contribution in [0.2, 0.25) is 0 Å². The molecule has 24 heavy (non-hydrogen) atoms. The number of ether oxygens (including phenoxy) is 2. The van der Waals surface area contributed by atoms with Gasteiger partial charge in [-0.15, -0.1) is 0 Å². The highest BCUT2D eigenvalue weighted by atomic mass is 19.1. The highest BCUT2D eigenvalue weighted by Crippen LogP contribution is 2.42. The fraction of sp³-hybridized carbons (Fsp3) is 0.333. The maximum atomic E-state index is 14.5. The fourth-order valence-electron chi connectivity index (χ4n) is 2.96. The molecule has 0 radical (unpaired) electrons. The van der Waals surface area contributed by atoms with Gasteiger partial charge < -0.3 is 9.47 Å². The third-order valence-electron chi connectivity index (χ3n) is 4.08. The molecule has 128 valence electrons. The summed E-state index contributed by atoms with van der Waals surface area (Å²) in [5.41, 5.74) is 3.08. The van der Waals surface area contributed by atoms with Crippen molar-refractivity contribution in [2.75, 3.05) is 14.2 Å². The highest BCUT2D eigenvalue weighted by Gasteiger charge is 2.29. The topological polar surface area (TPSA) is 18.5 Å². The number of rotatable bonds is 5. The van der Waals surface area contributed by atoms with E-state index in [1.165, 1.54) is 6.07 Å². The van der Waals surface area contributed by atoms with Crippen molar-refractivity contribution < 1.29 is 13.9 Å². The van der Waals surface area contributed by atoms with Gasteiger partial charge in [0.2, 0.25) is 0 Å². The first-order chi connectivity index (χ1) is 11.3. The molecule has 0 amide bonds. The minimum Gasteiger partial charge on any atom is -0.497 e. The molecule has 0 aliphatic carbocycles. The maximum absolute atomic E-state index is 14.5. The lowest BCUT2D eigenvalue weighted by molar-refractivity contribution is 0.0156. The van der Waals surface area contributed by atoms with Gasteiger partial charge in [-0.25, -0.2) is 4.39 Å². The zero-order valence-corrected chi connectivity index (χ0v) is 15.0. The molecule has 0 bridgehead atoms. The SMILES string of the molecule is C=Cc1ccc(-c2cc(OC)ccc2F)c(C(OC)C(C)(C)C)c1. The van der Waals surface area contributed by atoms with Gasteiger partial charge in [-0.05, 0) is 46.4 Å². The molecule has 0 aliphatic rings. The third kappa shape index (κ3) is 3.68. The van der Waals surface area contributed by atoms with Gasteiger partial charge in [0.1, 0.15) is 11.6 Å². The van der Waals surface area contributed by atoms with E-state index in [1.807, 2.05) is 18.2 Å². The van der Waals surface area contributed by atoms with Crippen LogP contribution in [-0.4, -0.2) is 14.2 Å². The Labute approximate surface area is 143 Å². The van der Waals surface area contributed by atoms with E-state index in [0.29, 0.717) is 11.3 Å². The predicted octanol–water partition coefficient (Wildman–Crippen LogP) is 5.88. The minimum absolute atomic E-state index is 0.140. The molecule has 0 aliphatic heterocycles. The van der Waals surface area contributed by atoms with E-state index in [0.717, 1.165) is 16.7 Å². The highest BCUT2D eigenvalue weighted by molar-refractivity contribution is 5.72. The molecule has 1 atom stereocenters. The third-order valence-corrected chi connectivity index (χ3v) is 4.08. The van der Waals surface area contributed by atoms with E-state index >= 15 is 0 Å². The van der Waals surface area contributed by atoms with Gasteiger partial charge in [-0.1, -0.05) is 45.6 Å². The van der Waals surface area contributed by atoms with E-state index in [4.69, 9.17) is 9.47 Å². The predicted molar refractivity (Wildman–Crippen MR) is 97.7 cm³/mol. The van der Waals surface area contributed by atoms with Gasteiger partial charge in [0.05, 0.1) is 13.2 Å². The molecule has 0 N–H and O–H groups in total. The molecule has 3 heteroatoms. The van der Waals surface area contributed by atoms with Gasteiger partial charge in [-0.2, -0.15) is 0 Å². The zero-order valence-electron chi connectivity index (χ0n) is 15.0. The monoisotopic (exact) mass is 328 g/mol. The summed E-state index contributed by atoms with van der Waals surface area (Å²) in [5, 5.41) is 0. The standard InChI is InChI=1S/C21H25FO2/c1-7-14-8-10-16(17-13-15(23-5)9-11-19(17)22)18(12-14)20(24-6)21(2,3)4/h7-13,20H,1H2,2-6H3. The summed E-state index contributed by atoms with van der Waals surface area (Å²) in [5.74, 6) is 0.335. The van der Waals surface area contributed by atoms with Gasteiger partial charge in [0.15, 0.2) is 0 Å². The molecule has 2 rings (SSSR count). The molecule has 0 fully saturated rings. The summed E-state index contributed by atoms with van der Waals surface area (Å²) in [7, 11) is 3.26. The van der Waals surface area contributed by atoms with Crippen LogP contribution in [0, 0.1) is 11.2 Å². The Hall–Kier alpha value is -2.13. The molecule has 2 aromatic rings. The van der Waals surface area contributed by atoms with Gasteiger partial charge in [-0.3, -0.25) is 0 Å². The minimum atomic E-state index is -0.285. The molecule has 0 heterocycles. The van der Waals surface area contributed by atoms with Crippen LogP contribution in [0.4, 0.5) is 4.39 Å². The summed E-state index contributed by atoms with van der Waals surface area (Å²) < 4.78 is 25.5. The first kappa shape index (κ1) is 18.2. The molecule has 0 saturated carbocycles. The van der Waals surface area contributed by atoms with E-state index in [-0.39, 0.29) is 17.3 Å². The van der Waals surface area contributed by atoms with E-state index < -0.39 is 0 Å². The number of hydrogen-bond acceptors (Lipinski definition) is 2. The first-order valence-corrected chi connectivity index (χ1v) is 7.95. The van der Waals surface area contributed by atoms with Crippen molar-refractivity contribution in [3.05, 3.63) is 59.9 Å². The molecule has 1 unspecified atom stereocenters. The molecule has 0 aromatic heterocycles. The Morgan fingerprint density at radius 1 is 1.04 bits per heavy atom. The average molecular weight is 328 g/mol. The Morgan fingerprint density at radius 3 is 2.29 bits per heavy atom. The van der Waals surface area contributed by atoms with Crippen molar-refractivity contribution in [1.82, 2.24) is 0 Å². The van der Waals surface area contributed by atoms with Crippen molar-refractivity contribution in [2.24, 2.45) is 5.41 Å². The lowest BCUT2D eigenvalue weighted by Crippen LogP contribution is -2.21. The molecule has 2 aromatic carbocycles. The lowest BCUT2D eigenvalue weighted by atomic mass is 9.81. The molecular formula is C21H25FO2. The Morgan fingerprint density at radius 2 is 1.75 bits per heavy atom. The lowest BCUT2D eigenvalue weighted by Gasteiger charge is -2.31. The molecule has 2 nitrogen and oxygen atoms in total. The molecule has 0 saturated heterocycles. The van der Waals surface area contributed by atoms with Crippen LogP contribution in [0.15, 0.2) is 43.0 Å². The van der Waals surface area contributed by atoms with Crippen LogP contribution in [0.5, 0.6) is 5.75 Å². The van der Waals surface area contributed by atoms with Crippen LogP contribution >= 0.6 is 0 Å². The quantitative estimate of drug-likeness (QED) is 0.682. The zero-order chi connectivity index (χ0) is 17.9. The van der Waals surface area contributed by atoms with Crippen LogP contribution in [0.3, 0.4) is 0 Å². The maximum Gasteiger partial charge on any atom is 0.131 e. The Balaban J connectivity index is 2.73. The van der Waals surface area contributed by atoms with Gasteiger partial charge in [0.25, 0.3) is 0 Å². The number of benzene rings is 2. The first-order valence-electron chi connectivity index (χ1n) is 7.95. The normalized spacial score (nSPS) is 12.8. The second-order valence-electron chi connectivity index (χ2n) is 6.88.